The number of aromatic nitrogens is 6. The number of anilines is 1. The largest absolute Gasteiger partial charge is 0.468 e. The fourth-order valence-electron chi connectivity index (χ4n) is 4.82. The average molecular weight is 493 g/mol. The Hall–Kier alpha value is -4.06. The van der Waals surface area contributed by atoms with E-state index in [1.165, 1.54) is 11.7 Å². The van der Waals surface area contributed by atoms with E-state index in [1.54, 1.807) is 29.1 Å². The molecule has 0 aromatic carbocycles. The zero-order chi connectivity index (χ0) is 25.4. The first-order valence-electron chi connectivity index (χ1n) is 11.9. The van der Waals surface area contributed by atoms with Crippen molar-refractivity contribution >= 4 is 34.0 Å². The number of nitrogens with zero attached hydrogens (tertiary/aromatic N) is 7. The van der Waals surface area contributed by atoms with Gasteiger partial charge < -0.3 is 19.9 Å². The minimum Gasteiger partial charge on any atom is -0.468 e. The monoisotopic (exact) mass is 492 g/mol. The van der Waals surface area contributed by atoms with Crippen LogP contribution in [0.2, 0.25) is 0 Å². The van der Waals surface area contributed by atoms with E-state index in [-0.39, 0.29) is 30.3 Å². The van der Waals surface area contributed by atoms with Crippen molar-refractivity contribution in [3.05, 3.63) is 57.1 Å². The number of carbonyl (C=O) groups is 1. The van der Waals surface area contributed by atoms with E-state index in [9.17, 15) is 14.4 Å². The summed E-state index contributed by atoms with van der Waals surface area (Å²) in [5, 5.41) is 0.734. The van der Waals surface area contributed by atoms with E-state index < -0.39 is 17.2 Å². The number of piperidine rings is 1. The third-order valence-electron chi connectivity index (χ3n) is 6.59. The number of rotatable bonds is 6. The minimum atomic E-state index is -0.664. The molecule has 0 aliphatic carbocycles. The third-order valence-corrected chi connectivity index (χ3v) is 6.59. The summed E-state index contributed by atoms with van der Waals surface area (Å²) < 4.78 is 8.92. The van der Waals surface area contributed by atoms with Gasteiger partial charge in [-0.15, -0.1) is 0 Å². The number of hydrogen-bond acceptors (Lipinski definition) is 9. The molecule has 12 heteroatoms. The molecule has 1 atom stereocenters. The molecule has 12 nitrogen and oxygen atoms in total. The van der Waals surface area contributed by atoms with Crippen LogP contribution in [-0.2, 0) is 29.2 Å². The summed E-state index contributed by atoms with van der Waals surface area (Å²) in [6.07, 6.45) is 5.07. The Bertz CT molecular complexity index is 1570. The van der Waals surface area contributed by atoms with Gasteiger partial charge in [-0.3, -0.25) is 28.7 Å². The van der Waals surface area contributed by atoms with Crippen LogP contribution in [-0.4, -0.2) is 60.9 Å². The van der Waals surface area contributed by atoms with Crippen molar-refractivity contribution < 1.29 is 9.53 Å². The molecule has 0 spiro atoms. The van der Waals surface area contributed by atoms with E-state index in [2.05, 4.69) is 9.97 Å². The number of hydrogen-bond donors (Lipinski definition) is 1. The molecule has 0 bridgehead atoms. The van der Waals surface area contributed by atoms with Crippen LogP contribution >= 0.6 is 0 Å². The Balaban J connectivity index is 1.75. The van der Waals surface area contributed by atoms with Gasteiger partial charge in [-0.25, -0.2) is 4.79 Å². The summed E-state index contributed by atoms with van der Waals surface area (Å²) in [5.74, 6) is -0.0633. The van der Waals surface area contributed by atoms with Crippen molar-refractivity contribution in [1.82, 2.24) is 28.7 Å². The zero-order valence-electron chi connectivity index (χ0n) is 20.3. The van der Waals surface area contributed by atoms with E-state index >= 15 is 0 Å². The van der Waals surface area contributed by atoms with Crippen molar-refractivity contribution in [2.24, 2.45) is 5.73 Å². The Morgan fingerprint density at radius 3 is 2.75 bits per heavy atom. The predicted octanol–water partition coefficient (Wildman–Crippen LogP) is 0.472. The van der Waals surface area contributed by atoms with Gasteiger partial charge in [0.15, 0.2) is 11.2 Å². The molecule has 1 aliphatic heterocycles. The lowest BCUT2D eigenvalue weighted by Crippen LogP contribution is -2.44. The number of carbonyl (C=O) groups excluding carboxylic acids is 1. The maximum Gasteiger partial charge on any atom is 0.333 e. The van der Waals surface area contributed by atoms with Gasteiger partial charge in [-0.05, 0) is 38.0 Å². The van der Waals surface area contributed by atoms with E-state index in [4.69, 9.17) is 15.5 Å². The molecule has 5 rings (SSSR count). The molecule has 2 N–H and O–H groups in total. The summed E-state index contributed by atoms with van der Waals surface area (Å²) in [6, 6.07) is 5.37. The quantitative estimate of drug-likeness (QED) is 0.380. The van der Waals surface area contributed by atoms with Crippen LogP contribution in [0, 0.1) is 0 Å². The van der Waals surface area contributed by atoms with Gasteiger partial charge >= 0.3 is 11.7 Å². The summed E-state index contributed by atoms with van der Waals surface area (Å²) in [7, 11) is 1.25. The lowest BCUT2D eigenvalue weighted by atomic mass is 10.1. The second kappa shape index (κ2) is 9.53. The Kier molecular flexibility index (Phi) is 6.27. The Labute approximate surface area is 205 Å². The van der Waals surface area contributed by atoms with Crippen molar-refractivity contribution in [3.63, 3.8) is 0 Å². The van der Waals surface area contributed by atoms with Crippen molar-refractivity contribution in [3.8, 4) is 0 Å². The van der Waals surface area contributed by atoms with Gasteiger partial charge in [0, 0.05) is 43.5 Å². The number of esters is 1. The average Bonchev–Trinajstić information content (AvgIpc) is 3.29. The molecule has 0 saturated carbocycles. The lowest BCUT2D eigenvalue weighted by Gasteiger charge is -2.31. The smallest absolute Gasteiger partial charge is 0.333 e. The van der Waals surface area contributed by atoms with Crippen LogP contribution in [0.5, 0.6) is 0 Å². The van der Waals surface area contributed by atoms with Crippen LogP contribution in [0.15, 0.2) is 40.2 Å². The molecule has 5 heterocycles. The standard InChI is InChI=1S/C24H28N8O4/c1-3-30-20-21(28-23(30)29-11-5-6-15(25)12-29)31(14-19(33)36-2)24(35)32(22(20)34)13-18-16-7-4-9-26-17(16)8-10-27-18/h4,7-10,15H,3,5-6,11-14,25H2,1-2H3. The van der Waals surface area contributed by atoms with Crippen molar-refractivity contribution in [1.29, 1.82) is 0 Å². The molecule has 4 aromatic heterocycles. The highest BCUT2D eigenvalue weighted by molar-refractivity contribution is 5.80. The van der Waals surface area contributed by atoms with Crippen LogP contribution in [0.4, 0.5) is 5.95 Å². The first kappa shape index (κ1) is 23.7. The first-order chi connectivity index (χ1) is 17.4. The highest BCUT2D eigenvalue weighted by atomic mass is 16.5. The Morgan fingerprint density at radius 2 is 2.00 bits per heavy atom. The summed E-state index contributed by atoms with van der Waals surface area (Å²) >= 11 is 0. The highest BCUT2D eigenvalue weighted by Gasteiger charge is 2.27. The minimum absolute atomic E-state index is 0.0103. The number of fused-ring (bicyclic) bond motifs is 2. The maximum absolute atomic E-state index is 13.8. The van der Waals surface area contributed by atoms with Crippen molar-refractivity contribution in [2.75, 3.05) is 25.1 Å². The molecule has 1 unspecified atom stereocenters. The molecule has 0 amide bonds. The molecule has 0 radical (unpaired) electrons. The maximum atomic E-state index is 13.8. The summed E-state index contributed by atoms with van der Waals surface area (Å²) in [6.45, 7) is 3.21. The number of methoxy groups -OCH3 is 1. The van der Waals surface area contributed by atoms with E-state index in [0.29, 0.717) is 30.2 Å². The predicted molar refractivity (Wildman–Crippen MR) is 134 cm³/mol. The van der Waals surface area contributed by atoms with Crippen LogP contribution < -0.4 is 21.9 Å². The van der Waals surface area contributed by atoms with Crippen molar-refractivity contribution in [2.45, 2.75) is 45.4 Å². The van der Waals surface area contributed by atoms with Gasteiger partial charge in [-0.1, -0.05) is 0 Å². The summed E-state index contributed by atoms with van der Waals surface area (Å²) in [5.41, 5.74) is 6.65. The normalized spacial score (nSPS) is 16.1. The fraction of sp³-hybridized carbons (Fsp3) is 0.417. The number of nitrogens with two attached hydrogens (primary N) is 1. The van der Waals surface area contributed by atoms with Crippen LogP contribution in [0.3, 0.4) is 0 Å². The number of imidazole rings is 1. The van der Waals surface area contributed by atoms with Gasteiger partial charge in [0.1, 0.15) is 6.54 Å². The third kappa shape index (κ3) is 4.02. The fourth-order valence-corrected chi connectivity index (χ4v) is 4.82. The lowest BCUT2D eigenvalue weighted by molar-refractivity contribution is -0.141. The highest BCUT2D eigenvalue weighted by Crippen LogP contribution is 2.23. The van der Waals surface area contributed by atoms with Gasteiger partial charge in [0.05, 0.1) is 24.9 Å². The zero-order valence-corrected chi connectivity index (χ0v) is 20.3. The molecule has 188 valence electrons. The molecule has 1 aliphatic rings. The topological polar surface area (TPSA) is 143 Å². The van der Waals surface area contributed by atoms with Gasteiger partial charge in [0.2, 0.25) is 5.95 Å². The Morgan fingerprint density at radius 1 is 1.17 bits per heavy atom. The van der Waals surface area contributed by atoms with Gasteiger partial charge in [-0.2, -0.15) is 4.98 Å². The second-order valence-electron chi connectivity index (χ2n) is 8.84. The first-order valence-corrected chi connectivity index (χ1v) is 11.9. The SMILES string of the molecule is CCn1c(N2CCCC(N)C2)nc2c1c(=O)n(Cc1nccc3ncccc13)c(=O)n2CC(=O)OC. The summed E-state index contributed by atoms with van der Waals surface area (Å²) in [4.78, 5) is 55.2. The second-order valence-corrected chi connectivity index (χ2v) is 8.84. The molecule has 1 saturated heterocycles. The van der Waals surface area contributed by atoms with Crippen LogP contribution in [0.25, 0.3) is 22.1 Å². The van der Waals surface area contributed by atoms with Gasteiger partial charge in [0.25, 0.3) is 5.56 Å². The molecule has 36 heavy (non-hydrogen) atoms. The molecule has 4 aromatic rings. The van der Waals surface area contributed by atoms with E-state index in [1.807, 2.05) is 17.9 Å². The molecule has 1 fully saturated rings. The van der Waals surface area contributed by atoms with E-state index in [0.717, 1.165) is 29.3 Å². The number of ether oxygens (including phenoxy) is 1. The van der Waals surface area contributed by atoms with Crippen LogP contribution in [0.1, 0.15) is 25.5 Å². The number of pyridine rings is 2. The number of aryl methyl sites for hydroxylation is 1. The molecular weight excluding hydrogens is 464 g/mol. The molecular formula is C24H28N8O4.